The van der Waals surface area contributed by atoms with E-state index in [1.165, 1.54) is 0 Å². The van der Waals surface area contributed by atoms with Crippen LogP contribution in [0.25, 0.3) is 0 Å². The fraction of sp³-hybridized carbons (Fsp3) is 0.600. The maximum Gasteiger partial charge on any atom is 0.282 e. The Morgan fingerprint density at radius 3 is 2.38 bits per heavy atom. The van der Waals surface area contributed by atoms with Crippen LogP contribution in [0, 0.1) is 5.92 Å². The molecule has 1 aromatic carbocycles. The summed E-state index contributed by atoms with van der Waals surface area (Å²) in [4.78, 5) is 0. The summed E-state index contributed by atoms with van der Waals surface area (Å²) in [6, 6.07) is 9.72. The van der Waals surface area contributed by atoms with Gasteiger partial charge in [-0.15, -0.1) is 0 Å². The van der Waals surface area contributed by atoms with Crippen LogP contribution in [-0.2, 0) is 16.8 Å². The monoisotopic (exact) mass is 311 g/mol. The first kappa shape index (κ1) is 16.4. The predicted molar refractivity (Wildman–Crippen MR) is 84.8 cm³/mol. The molecule has 0 unspecified atom stereocenters. The molecule has 1 aromatic rings. The van der Waals surface area contributed by atoms with Crippen LogP contribution in [0.1, 0.15) is 25.3 Å². The van der Waals surface area contributed by atoms with E-state index >= 15 is 0 Å². The lowest BCUT2D eigenvalue weighted by atomic mass is 9.99. The number of benzene rings is 1. The van der Waals surface area contributed by atoms with Crippen LogP contribution < -0.4 is 5.73 Å². The van der Waals surface area contributed by atoms with Crippen LogP contribution in [0.3, 0.4) is 0 Å². The Kier molecular flexibility index (Phi) is 5.75. The fourth-order valence-electron chi connectivity index (χ4n) is 2.68. The Bertz CT molecular complexity index is 525. The quantitative estimate of drug-likeness (QED) is 0.864. The van der Waals surface area contributed by atoms with Crippen LogP contribution in [0.4, 0.5) is 0 Å². The summed E-state index contributed by atoms with van der Waals surface area (Å²) >= 11 is 0. The molecule has 2 rings (SSSR count). The highest BCUT2D eigenvalue weighted by Gasteiger charge is 2.31. The van der Waals surface area contributed by atoms with Gasteiger partial charge in [-0.05, 0) is 30.9 Å². The minimum absolute atomic E-state index is 0.427. The molecule has 0 saturated carbocycles. The van der Waals surface area contributed by atoms with Gasteiger partial charge in [0.25, 0.3) is 10.2 Å². The molecule has 1 aliphatic rings. The average molecular weight is 311 g/mol. The smallest absolute Gasteiger partial charge is 0.282 e. The first-order valence-corrected chi connectivity index (χ1v) is 8.96. The van der Waals surface area contributed by atoms with E-state index in [-0.39, 0.29) is 0 Å². The molecule has 0 bridgehead atoms. The van der Waals surface area contributed by atoms with Crippen molar-refractivity contribution in [2.75, 3.05) is 26.2 Å². The molecule has 1 fully saturated rings. The SMILES string of the molecule is CCN(Cc1ccccc1)S(=O)(=O)N1CCC(CN)CC1. The average Bonchev–Trinajstić information content (AvgIpc) is 2.53. The van der Waals surface area contributed by atoms with Crippen LogP contribution >= 0.6 is 0 Å². The third-order valence-electron chi connectivity index (χ3n) is 4.11. The van der Waals surface area contributed by atoms with Gasteiger partial charge in [0.15, 0.2) is 0 Å². The van der Waals surface area contributed by atoms with E-state index in [9.17, 15) is 8.42 Å². The topological polar surface area (TPSA) is 66.6 Å². The molecule has 1 aliphatic heterocycles. The molecule has 0 amide bonds. The van der Waals surface area contributed by atoms with Gasteiger partial charge in [0.1, 0.15) is 0 Å². The second-order valence-electron chi connectivity index (χ2n) is 5.50. The maximum atomic E-state index is 12.7. The Morgan fingerprint density at radius 2 is 1.86 bits per heavy atom. The lowest BCUT2D eigenvalue weighted by Crippen LogP contribution is -2.47. The van der Waals surface area contributed by atoms with E-state index in [2.05, 4.69) is 0 Å². The van der Waals surface area contributed by atoms with E-state index in [0.717, 1.165) is 18.4 Å². The molecule has 6 heteroatoms. The zero-order valence-corrected chi connectivity index (χ0v) is 13.4. The number of hydrogen-bond acceptors (Lipinski definition) is 3. The van der Waals surface area contributed by atoms with E-state index in [1.54, 1.807) is 8.61 Å². The molecule has 1 heterocycles. The van der Waals surface area contributed by atoms with Crippen LogP contribution in [0.15, 0.2) is 30.3 Å². The van der Waals surface area contributed by atoms with Gasteiger partial charge in [-0.2, -0.15) is 17.0 Å². The molecule has 0 radical (unpaired) electrons. The Hall–Kier alpha value is -0.950. The summed E-state index contributed by atoms with van der Waals surface area (Å²) in [5.41, 5.74) is 6.68. The zero-order chi connectivity index (χ0) is 15.3. The highest BCUT2D eigenvalue weighted by Crippen LogP contribution is 2.21. The number of rotatable bonds is 6. The molecule has 118 valence electrons. The Labute approximate surface area is 127 Å². The minimum atomic E-state index is -3.38. The zero-order valence-electron chi connectivity index (χ0n) is 12.6. The van der Waals surface area contributed by atoms with Crippen molar-refractivity contribution in [3.05, 3.63) is 35.9 Å². The molecule has 0 atom stereocenters. The lowest BCUT2D eigenvalue weighted by molar-refractivity contribution is 0.257. The van der Waals surface area contributed by atoms with E-state index < -0.39 is 10.2 Å². The van der Waals surface area contributed by atoms with Crippen molar-refractivity contribution in [3.8, 4) is 0 Å². The van der Waals surface area contributed by atoms with Crippen molar-refractivity contribution in [1.82, 2.24) is 8.61 Å². The highest BCUT2D eigenvalue weighted by molar-refractivity contribution is 7.86. The van der Waals surface area contributed by atoms with Gasteiger partial charge in [0.2, 0.25) is 0 Å². The molecule has 5 nitrogen and oxygen atoms in total. The van der Waals surface area contributed by atoms with Crippen LogP contribution in [0.5, 0.6) is 0 Å². The first-order chi connectivity index (χ1) is 10.1. The summed E-state index contributed by atoms with van der Waals surface area (Å²) in [6.45, 7) is 4.60. The van der Waals surface area contributed by atoms with Crippen molar-refractivity contribution >= 4 is 10.2 Å². The van der Waals surface area contributed by atoms with Gasteiger partial charge in [-0.25, -0.2) is 0 Å². The minimum Gasteiger partial charge on any atom is -0.330 e. The molecule has 2 N–H and O–H groups in total. The number of nitrogens with zero attached hydrogens (tertiary/aromatic N) is 2. The standard InChI is InChI=1S/C15H25N3O2S/c1-2-17(13-15-6-4-3-5-7-15)21(19,20)18-10-8-14(12-16)9-11-18/h3-7,14H,2,8-13,16H2,1H3. The summed E-state index contributed by atoms with van der Waals surface area (Å²) < 4.78 is 28.6. The summed E-state index contributed by atoms with van der Waals surface area (Å²) in [5.74, 6) is 0.459. The van der Waals surface area contributed by atoms with Crippen LogP contribution in [0.2, 0.25) is 0 Å². The fourth-order valence-corrected chi connectivity index (χ4v) is 4.32. The van der Waals surface area contributed by atoms with E-state index in [0.29, 0.717) is 38.6 Å². The summed E-state index contributed by atoms with van der Waals surface area (Å²) in [5, 5.41) is 0. The highest BCUT2D eigenvalue weighted by atomic mass is 32.2. The maximum absolute atomic E-state index is 12.7. The summed E-state index contributed by atoms with van der Waals surface area (Å²) in [7, 11) is -3.38. The number of nitrogens with two attached hydrogens (primary N) is 1. The van der Waals surface area contributed by atoms with Crippen molar-refractivity contribution in [2.45, 2.75) is 26.3 Å². The Morgan fingerprint density at radius 1 is 1.24 bits per heavy atom. The largest absolute Gasteiger partial charge is 0.330 e. The first-order valence-electron chi connectivity index (χ1n) is 7.57. The van der Waals surface area contributed by atoms with Gasteiger partial charge in [-0.1, -0.05) is 37.3 Å². The molecule has 0 aliphatic carbocycles. The van der Waals surface area contributed by atoms with Crippen molar-refractivity contribution < 1.29 is 8.42 Å². The van der Waals surface area contributed by atoms with Gasteiger partial charge in [-0.3, -0.25) is 0 Å². The van der Waals surface area contributed by atoms with Gasteiger partial charge in [0, 0.05) is 26.2 Å². The molecular weight excluding hydrogens is 286 g/mol. The second kappa shape index (κ2) is 7.35. The van der Waals surface area contributed by atoms with E-state index in [4.69, 9.17) is 5.73 Å². The van der Waals surface area contributed by atoms with Gasteiger partial charge in [0.05, 0.1) is 0 Å². The molecule has 1 saturated heterocycles. The molecular formula is C15H25N3O2S. The molecule has 0 spiro atoms. The van der Waals surface area contributed by atoms with Gasteiger partial charge >= 0.3 is 0 Å². The van der Waals surface area contributed by atoms with Crippen LogP contribution in [-0.4, -0.2) is 43.2 Å². The summed E-state index contributed by atoms with van der Waals surface area (Å²) in [6.07, 6.45) is 1.72. The van der Waals surface area contributed by atoms with E-state index in [1.807, 2.05) is 37.3 Å². The number of piperidine rings is 1. The molecule has 0 aromatic heterocycles. The third-order valence-corrected chi connectivity index (χ3v) is 6.17. The lowest BCUT2D eigenvalue weighted by Gasteiger charge is -2.34. The number of hydrogen-bond donors (Lipinski definition) is 1. The second-order valence-corrected chi connectivity index (χ2v) is 7.43. The van der Waals surface area contributed by atoms with Crippen molar-refractivity contribution in [1.29, 1.82) is 0 Å². The normalized spacial score (nSPS) is 18.2. The predicted octanol–water partition coefficient (Wildman–Crippen LogP) is 1.42. The van der Waals surface area contributed by atoms with Crippen molar-refractivity contribution in [2.24, 2.45) is 11.7 Å². The van der Waals surface area contributed by atoms with Crippen molar-refractivity contribution in [3.63, 3.8) is 0 Å². The third kappa shape index (κ3) is 4.03. The molecule has 21 heavy (non-hydrogen) atoms. The Balaban J connectivity index is 2.06. The van der Waals surface area contributed by atoms with Gasteiger partial charge < -0.3 is 5.73 Å².